The van der Waals surface area contributed by atoms with Gasteiger partial charge in [0.05, 0.1) is 23.4 Å². The number of amides is 1. The number of aromatic nitrogens is 1. The van der Waals surface area contributed by atoms with Crippen LogP contribution in [0.2, 0.25) is 5.02 Å². The number of piperazine rings is 1. The van der Waals surface area contributed by atoms with E-state index in [-0.39, 0.29) is 12.1 Å². The van der Waals surface area contributed by atoms with Gasteiger partial charge in [-0.2, -0.15) is 0 Å². The third kappa shape index (κ3) is 2.61. The summed E-state index contributed by atoms with van der Waals surface area (Å²) in [5.74, 6) is 0.932. The predicted octanol–water partition coefficient (Wildman–Crippen LogP) is 2.38. The standard InChI is InChI=1S/C15H20ClN3O3/c1-3-22-8-13-12(16)5-10-4-11-7-18(15(20)21)6-9(2)19(11)14(10)17-13/h5,9,11H,3-4,6-8H2,1-2H3,(H,20,21)/t9-,11-/m1/s1. The van der Waals surface area contributed by atoms with Crippen molar-refractivity contribution in [2.75, 3.05) is 24.6 Å². The van der Waals surface area contributed by atoms with E-state index in [1.165, 1.54) is 4.90 Å². The van der Waals surface area contributed by atoms with Crippen LogP contribution in [0.15, 0.2) is 6.07 Å². The quantitative estimate of drug-likeness (QED) is 0.924. The molecule has 1 aromatic heterocycles. The Morgan fingerprint density at radius 2 is 2.32 bits per heavy atom. The number of hydrogen-bond acceptors (Lipinski definition) is 4. The number of halogens is 1. The van der Waals surface area contributed by atoms with Crippen molar-refractivity contribution >= 4 is 23.5 Å². The average Bonchev–Trinajstić information content (AvgIpc) is 2.82. The molecule has 0 bridgehead atoms. The number of pyridine rings is 1. The zero-order chi connectivity index (χ0) is 15.9. The summed E-state index contributed by atoms with van der Waals surface area (Å²) in [4.78, 5) is 19.7. The van der Waals surface area contributed by atoms with Gasteiger partial charge >= 0.3 is 6.09 Å². The van der Waals surface area contributed by atoms with Gasteiger partial charge in [0, 0.05) is 25.7 Å². The number of nitrogens with zero attached hydrogens (tertiary/aromatic N) is 3. The molecule has 0 saturated carbocycles. The van der Waals surface area contributed by atoms with Crippen molar-refractivity contribution in [3.8, 4) is 0 Å². The van der Waals surface area contributed by atoms with E-state index < -0.39 is 6.09 Å². The molecule has 0 radical (unpaired) electrons. The highest BCUT2D eigenvalue weighted by Crippen LogP contribution is 2.37. The molecule has 0 unspecified atom stereocenters. The fourth-order valence-corrected chi connectivity index (χ4v) is 3.59. The first-order valence-corrected chi connectivity index (χ1v) is 7.91. The Balaban J connectivity index is 1.89. The Kier molecular flexibility index (Phi) is 4.14. The van der Waals surface area contributed by atoms with E-state index in [1.807, 2.05) is 19.9 Å². The Morgan fingerprint density at radius 3 is 3.00 bits per heavy atom. The molecule has 2 aliphatic heterocycles. The van der Waals surface area contributed by atoms with Crippen LogP contribution in [0.25, 0.3) is 0 Å². The maximum Gasteiger partial charge on any atom is 0.407 e. The lowest BCUT2D eigenvalue weighted by Crippen LogP contribution is -2.58. The summed E-state index contributed by atoms with van der Waals surface area (Å²) in [5, 5.41) is 9.85. The van der Waals surface area contributed by atoms with E-state index in [0.29, 0.717) is 31.3 Å². The van der Waals surface area contributed by atoms with Gasteiger partial charge in [0.2, 0.25) is 0 Å². The summed E-state index contributed by atoms with van der Waals surface area (Å²) in [6, 6.07) is 2.19. The number of hydrogen-bond donors (Lipinski definition) is 1. The Bertz CT molecular complexity index is 596. The molecule has 1 saturated heterocycles. The van der Waals surface area contributed by atoms with E-state index in [1.54, 1.807) is 0 Å². The molecule has 1 aromatic rings. The molecule has 1 N–H and O–H groups in total. The lowest BCUT2D eigenvalue weighted by Gasteiger charge is -2.42. The lowest BCUT2D eigenvalue weighted by molar-refractivity contribution is 0.127. The molecule has 1 amide bonds. The Morgan fingerprint density at radius 1 is 1.55 bits per heavy atom. The van der Waals surface area contributed by atoms with E-state index >= 15 is 0 Å². The van der Waals surface area contributed by atoms with Crippen molar-refractivity contribution in [2.45, 2.75) is 39.0 Å². The van der Waals surface area contributed by atoms with Crippen molar-refractivity contribution in [1.82, 2.24) is 9.88 Å². The summed E-state index contributed by atoms with van der Waals surface area (Å²) >= 11 is 6.29. The monoisotopic (exact) mass is 325 g/mol. The molecule has 1 fully saturated rings. The van der Waals surface area contributed by atoms with Crippen LogP contribution in [0.1, 0.15) is 25.1 Å². The molecule has 0 aliphatic carbocycles. The molecule has 0 spiro atoms. The molecule has 22 heavy (non-hydrogen) atoms. The van der Waals surface area contributed by atoms with Crippen LogP contribution in [-0.4, -0.2) is 52.9 Å². The van der Waals surface area contributed by atoms with E-state index in [2.05, 4.69) is 4.90 Å². The third-order valence-corrected chi connectivity index (χ3v) is 4.63. The second-order valence-corrected chi connectivity index (χ2v) is 6.25. The summed E-state index contributed by atoms with van der Waals surface area (Å²) in [6.07, 6.45) is -0.0732. The number of fused-ring (bicyclic) bond motifs is 3. The predicted molar refractivity (Wildman–Crippen MR) is 83.6 cm³/mol. The second kappa shape index (κ2) is 5.93. The molecule has 0 aromatic carbocycles. The zero-order valence-corrected chi connectivity index (χ0v) is 13.5. The molecular weight excluding hydrogens is 306 g/mol. The fraction of sp³-hybridized carbons (Fsp3) is 0.600. The van der Waals surface area contributed by atoms with Crippen molar-refractivity contribution in [2.24, 2.45) is 0 Å². The highest BCUT2D eigenvalue weighted by molar-refractivity contribution is 6.31. The number of anilines is 1. The van der Waals surface area contributed by atoms with Crippen LogP contribution in [0.5, 0.6) is 0 Å². The normalized spacial score (nSPS) is 23.4. The molecular formula is C15H20ClN3O3. The van der Waals surface area contributed by atoms with Gasteiger partial charge in [0.15, 0.2) is 0 Å². The Hall–Kier alpha value is -1.53. The van der Waals surface area contributed by atoms with E-state index in [9.17, 15) is 9.90 Å². The minimum atomic E-state index is -0.856. The van der Waals surface area contributed by atoms with Crippen molar-refractivity contribution in [3.63, 3.8) is 0 Å². The van der Waals surface area contributed by atoms with Crippen LogP contribution in [0.3, 0.4) is 0 Å². The van der Waals surface area contributed by atoms with Gasteiger partial charge in [0.25, 0.3) is 0 Å². The average molecular weight is 326 g/mol. The molecule has 3 heterocycles. The van der Waals surface area contributed by atoms with Gasteiger partial charge in [0.1, 0.15) is 5.82 Å². The van der Waals surface area contributed by atoms with Gasteiger partial charge in [-0.1, -0.05) is 11.6 Å². The van der Waals surface area contributed by atoms with E-state index in [4.69, 9.17) is 21.3 Å². The van der Waals surface area contributed by atoms with Crippen LogP contribution in [-0.2, 0) is 17.8 Å². The van der Waals surface area contributed by atoms with Crippen molar-refractivity contribution in [1.29, 1.82) is 0 Å². The van der Waals surface area contributed by atoms with Crippen LogP contribution >= 0.6 is 11.6 Å². The smallest absolute Gasteiger partial charge is 0.407 e. The van der Waals surface area contributed by atoms with Gasteiger partial charge in [-0.25, -0.2) is 9.78 Å². The number of rotatable bonds is 3. The number of carbonyl (C=O) groups is 1. The highest BCUT2D eigenvalue weighted by atomic mass is 35.5. The van der Waals surface area contributed by atoms with Crippen LogP contribution in [0, 0.1) is 0 Å². The SMILES string of the molecule is CCOCc1nc2c(cc1Cl)C[C@@H]1CN(C(=O)O)C[C@@H](C)N21. The third-order valence-electron chi connectivity index (χ3n) is 4.30. The van der Waals surface area contributed by atoms with Gasteiger partial charge in [-0.15, -0.1) is 0 Å². The maximum atomic E-state index is 11.2. The Labute approximate surface area is 134 Å². The molecule has 6 nitrogen and oxygen atoms in total. The summed E-state index contributed by atoms with van der Waals surface area (Å²) in [5.41, 5.74) is 1.84. The fourth-order valence-electron chi connectivity index (χ4n) is 3.37. The van der Waals surface area contributed by atoms with Gasteiger partial charge in [-0.3, -0.25) is 0 Å². The molecule has 2 atom stereocenters. The van der Waals surface area contributed by atoms with Gasteiger partial charge < -0.3 is 19.6 Å². The second-order valence-electron chi connectivity index (χ2n) is 5.84. The first-order chi connectivity index (χ1) is 10.5. The number of carboxylic acid groups (broad SMARTS) is 1. The molecule has 3 rings (SSSR count). The van der Waals surface area contributed by atoms with Crippen molar-refractivity contribution < 1.29 is 14.6 Å². The molecule has 7 heteroatoms. The van der Waals surface area contributed by atoms with E-state index in [0.717, 1.165) is 23.5 Å². The minimum Gasteiger partial charge on any atom is -0.465 e. The summed E-state index contributed by atoms with van der Waals surface area (Å²) in [7, 11) is 0. The maximum absolute atomic E-state index is 11.2. The summed E-state index contributed by atoms with van der Waals surface area (Å²) < 4.78 is 5.42. The first kappa shape index (κ1) is 15.4. The molecule has 120 valence electrons. The highest BCUT2D eigenvalue weighted by Gasteiger charge is 2.40. The number of ether oxygens (including phenoxy) is 1. The van der Waals surface area contributed by atoms with Gasteiger partial charge in [-0.05, 0) is 31.9 Å². The van der Waals surface area contributed by atoms with Crippen LogP contribution in [0.4, 0.5) is 10.6 Å². The summed E-state index contributed by atoms with van der Waals surface area (Å²) in [6.45, 7) is 5.99. The first-order valence-electron chi connectivity index (χ1n) is 7.53. The zero-order valence-electron chi connectivity index (χ0n) is 12.8. The largest absolute Gasteiger partial charge is 0.465 e. The topological polar surface area (TPSA) is 65.9 Å². The molecule has 2 aliphatic rings. The van der Waals surface area contributed by atoms with Crippen molar-refractivity contribution in [3.05, 3.63) is 22.3 Å². The lowest BCUT2D eigenvalue weighted by atomic mass is 10.1. The minimum absolute atomic E-state index is 0.102. The van der Waals surface area contributed by atoms with Crippen LogP contribution < -0.4 is 4.90 Å².